The molecule has 0 bridgehead atoms. The number of nitrogens with one attached hydrogen (secondary N) is 1. The largest absolute Gasteiger partial charge is 0.354 e. The molecule has 1 unspecified atom stereocenters. The van der Waals surface area contributed by atoms with Crippen LogP contribution in [0.25, 0.3) is 0 Å². The van der Waals surface area contributed by atoms with E-state index in [9.17, 15) is 18.0 Å². The molecule has 0 saturated carbocycles. The molecule has 1 N–H and O–H groups in total. The summed E-state index contributed by atoms with van der Waals surface area (Å²) < 4.78 is 26.0. The van der Waals surface area contributed by atoms with E-state index in [0.29, 0.717) is 12.2 Å². The van der Waals surface area contributed by atoms with E-state index in [-0.39, 0.29) is 19.0 Å². The van der Waals surface area contributed by atoms with Crippen LogP contribution in [0.3, 0.4) is 0 Å². The van der Waals surface area contributed by atoms with Crippen LogP contribution < -0.4 is 9.62 Å². The van der Waals surface area contributed by atoms with E-state index in [1.54, 1.807) is 25.1 Å². The highest BCUT2D eigenvalue weighted by molar-refractivity contribution is 7.92. The summed E-state index contributed by atoms with van der Waals surface area (Å²) in [5, 5.41) is 2.81. The lowest BCUT2D eigenvalue weighted by atomic mass is 10.1. The Bertz CT molecular complexity index is 993. The molecule has 7 nitrogen and oxygen atoms in total. The predicted octanol–water partition coefficient (Wildman–Crippen LogP) is 2.70. The van der Waals surface area contributed by atoms with Gasteiger partial charge in [-0.05, 0) is 43.5 Å². The average molecular weight is 446 g/mol. The van der Waals surface area contributed by atoms with Crippen LogP contribution in [0.1, 0.15) is 31.4 Å². The van der Waals surface area contributed by atoms with Gasteiger partial charge in [0.05, 0.1) is 11.9 Å². The van der Waals surface area contributed by atoms with E-state index in [4.69, 9.17) is 0 Å². The fraction of sp³-hybridized carbons (Fsp3) is 0.391. The lowest BCUT2D eigenvalue weighted by Gasteiger charge is -2.31. The highest BCUT2D eigenvalue weighted by atomic mass is 32.2. The van der Waals surface area contributed by atoms with Crippen LogP contribution in [0.2, 0.25) is 0 Å². The highest BCUT2D eigenvalue weighted by Gasteiger charge is 2.29. The maximum atomic E-state index is 13.3. The summed E-state index contributed by atoms with van der Waals surface area (Å²) >= 11 is 0. The molecule has 2 aromatic rings. The van der Waals surface area contributed by atoms with Crippen molar-refractivity contribution in [2.45, 2.75) is 39.8 Å². The Kier molecular flexibility index (Phi) is 8.62. The molecule has 0 fully saturated rings. The topological polar surface area (TPSA) is 86.8 Å². The molecule has 0 saturated heterocycles. The minimum absolute atomic E-state index is 0.200. The predicted molar refractivity (Wildman–Crippen MR) is 123 cm³/mol. The van der Waals surface area contributed by atoms with Crippen molar-refractivity contribution in [1.29, 1.82) is 0 Å². The molecular weight excluding hydrogens is 414 g/mol. The highest BCUT2D eigenvalue weighted by Crippen LogP contribution is 2.20. The zero-order valence-corrected chi connectivity index (χ0v) is 19.4. The van der Waals surface area contributed by atoms with E-state index >= 15 is 0 Å². The van der Waals surface area contributed by atoms with Gasteiger partial charge in [0.2, 0.25) is 21.8 Å². The summed E-state index contributed by atoms with van der Waals surface area (Å²) in [6.07, 6.45) is 1.85. The van der Waals surface area contributed by atoms with Crippen LogP contribution in [-0.4, -0.2) is 50.5 Å². The number of carbonyl (C=O) groups is 2. The smallest absolute Gasteiger partial charge is 0.244 e. The van der Waals surface area contributed by atoms with Crippen molar-refractivity contribution in [2.75, 3.05) is 23.7 Å². The Morgan fingerprint density at radius 1 is 1.06 bits per heavy atom. The third-order valence-electron chi connectivity index (χ3n) is 4.88. The summed E-state index contributed by atoms with van der Waals surface area (Å²) in [4.78, 5) is 27.3. The first-order valence-electron chi connectivity index (χ1n) is 10.3. The van der Waals surface area contributed by atoms with Crippen molar-refractivity contribution < 1.29 is 18.0 Å². The Morgan fingerprint density at radius 3 is 2.32 bits per heavy atom. The minimum Gasteiger partial charge on any atom is -0.354 e. The number of benzene rings is 2. The summed E-state index contributed by atoms with van der Waals surface area (Å²) in [6, 6.07) is 15.5. The van der Waals surface area contributed by atoms with Crippen molar-refractivity contribution in [3.8, 4) is 0 Å². The summed E-state index contributed by atoms with van der Waals surface area (Å²) in [6.45, 7) is 5.78. The van der Waals surface area contributed by atoms with Gasteiger partial charge in [-0.1, -0.05) is 49.4 Å². The van der Waals surface area contributed by atoms with Crippen LogP contribution in [-0.2, 0) is 26.2 Å². The molecular formula is C23H31N3O4S. The number of rotatable bonds is 10. The van der Waals surface area contributed by atoms with E-state index < -0.39 is 22.0 Å². The summed E-state index contributed by atoms with van der Waals surface area (Å²) in [7, 11) is -3.71. The lowest BCUT2D eigenvalue weighted by Crippen LogP contribution is -2.51. The number of carbonyl (C=O) groups excluding carboxylic acids is 2. The molecule has 0 heterocycles. The number of aryl methyl sites for hydroxylation is 1. The van der Waals surface area contributed by atoms with E-state index in [2.05, 4.69) is 5.32 Å². The van der Waals surface area contributed by atoms with Gasteiger partial charge >= 0.3 is 0 Å². The average Bonchev–Trinajstić information content (AvgIpc) is 2.73. The molecule has 2 aromatic carbocycles. The third kappa shape index (κ3) is 7.10. The van der Waals surface area contributed by atoms with E-state index in [1.807, 2.05) is 50.2 Å². The van der Waals surface area contributed by atoms with Crippen molar-refractivity contribution in [3.63, 3.8) is 0 Å². The minimum atomic E-state index is -3.71. The Hall–Kier alpha value is -2.87. The quantitative estimate of drug-likeness (QED) is 0.609. The Labute approximate surface area is 185 Å². The number of amides is 2. The second-order valence-corrected chi connectivity index (χ2v) is 9.49. The second-order valence-electron chi connectivity index (χ2n) is 7.58. The number of anilines is 1. The Morgan fingerprint density at radius 2 is 1.74 bits per heavy atom. The van der Waals surface area contributed by atoms with E-state index in [1.165, 1.54) is 4.90 Å². The maximum absolute atomic E-state index is 13.3. The monoisotopic (exact) mass is 445 g/mol. The van der Waals surface area contributed by atoms with Gasteiger partial charge in [-0.2, -0.15) is 0 Å². The molecule has 8 heteroatoms. The molecule has 168 valence electrons. The SMILES string of the molecule is CCCNC(=O)C(C)N(Cc1ccccc1)C(=O)CN(c1cccc(C)c1)S(C)(=O)=O. The first kappa shape index (κ1) is 24.4. The van der Waals surface area contributed by atoms with Crippen LogP contribution >= 0.6 is 0 Å². The molecule has 0 aliphatic rings. The van der Waals surface area contributed by atoms with Gasteiger partial charge in [-0.3, -0.25) is 13.9 Å². The summed E-state index contributed by atoms with van der Waals surface area (Å²) in [5.74, 6) is -0.720. The van der Waals surface area contributed by atoms with Crippen LogP contribution in [0.4, 0.5) is 5.69 Å². The summed E-state index contributed by atoms with van der Waals surface area (Å²) in [5.41, 5.74) is 2.15. The van der Waals surface area contributed by atoms with Gasteiger partial charge in [0, 0.05) is 13.1 Å². The van der Waals surface area contributed by atoms with E-state index in [0.717, 1.165) is 28.1 Å². The van der Waals surface area contributed by atoms with Crippen molar-refractivity contribution in [2.24, 2.45) is 0 Å². The zero-order chi connectivity index (χ0) is 23.0. The number of sulfonamides is 1. The Balaban J connectivity index is 2.34. The molecule has 31 heavy (non-hydrogen) atoms. The van der Waals surface area contributed by atoms with Crippen LogP contribution in [0.5, 0.6) is 0 Å². The number of hydrogen-bond donors (Lipinski definition) is 1. The fourth-order valence-electron chi connectivity index (χ4n) is 3.16. The van der Waals surface area contributed by atoms with Gasteiger partial charge in [0.25, 0.3) is 0 Å². The molecule has 0 aliphatic heterocycles. The van der Waals surface area contributed by atoms with Gasteiger partial charge in [-0.25, -0.2) is 8.42 Å². The number of hydrogen-bond acceptors (Lipinski definition) is 4. The maximum Gasteiger partial charge on any atom is 0.244 e. The fourth-order valence-corrected chi connectivity index (χ4v) is 4.00. The van der Waals surface area contributed by atoms with Crippen molar-refractivity contribution in [3.05, 3.63) is 65.7 Å². The van der Waals surface area contributed by atoms with Crippen LogP contribution in [0, 0.1) is 6.92 Å². The first-order valence-corrected chi connectivity index (χ1v) is 12.1. The van der Waals surface area contributed by atoms with Gasteiger partial charge in [0.1, 0.15) is 12.6 Å². The molecule has 0 spiro atoms. The van der Waals surface area contributed by atoms with Crippen molar-refractivity contribution in [1.82, 2.24) is 10.2 Å². The second kappa shape index (κ2) is 10.9. The van der Waals surface area contributed by atoms with Gasteiger partial charge in [0.15, 0.2) is 0 Å². The number of nitrogens with zero attached hydrogens (tertiary/aromatic N) is 2. The standard InChI is InChI=1S/C23H31N3O4S/c1-5-14-24-23(28)19(3)25(16-20-11-7-6-8-12-20)22(27)17-26(31(4,29)30)21-13-9-10-18(2)15-21/h6-13,15,19H,5,14,16-17H2,1-4H3,(H,24,28). The molecule has 0 aliphatic carbocycles. The van der Waals surface area contributed by atoms with Crippen molar-refractivity contribution >= 4 is 27.5 Å². The van der Waals surface area contributed by atoms with Crippen LogP contribution in [0.15, 0.2) is 54.6 Å². The molecule has 0 radical (unpaired) electrons. The molecule has 1 atom stereocenters. The zero-order valence-electron chi connectivity index (χ0n) is 18.5. The normalized spacial score (nSPS) is 12.1. The molecule has 2 amide bonds. The van der Waals surface area contributed by atoms with Gasteiger partial charge < -0.3 is 10.2 Å². The van der Waals surface area contributed by atoms with Gasteiger partial charge in [-0.15, -0.1) is 0 Å². The first-order chi connectivity index (χ1) is 14.6. The third-order valence-corrected chi connectivity index (χ3v) is 6.02. The lowest BCUT2D eigenvalue weighted by molar-refractivity contribution is -0.139. The molecule has 0 aromatic heterocycles. The molecule has 2 rings (SSSR count).